The molecule has 37 valence electrons. The van der Waals surface area contributed by atoms with Crippen molar-refractivity contribution in [1.82, 2.24) is 9.36 Å². The van der Waals surface area contributed by atoms with Gasteiger partial charge >= 0.3 is 0 Å². The summed E-state index contributed by atoms with van der Waals surface area (Å²) >= 11 is 1.40. The molecule has 0 saturated carbocycles. The van der Waals surface area contributed by atoms with E-state index >= 15 is 0 Å². The van der Waals surface area contributed by atoms with E-state index in [2.05, 4.69) is 16.3 Å². The van der Waals surface area contributed by atoms with Crippen LogP contribution < -0.4 is 0 Å². The molecule has 0 aliphatic carbocycles. The van der Waals surface area contributed by atoms with Crippen LogP contribution >= 0.6 is 11.5 Å². The molecule has 0 aliphatic heterocycles. The summed E-state index contributed by atoms with van der Waals surface area (Å²) in [5.41, 5.74) is 0. The third kappa shape index (κ3) is 0.962. The van der Waals surface area contributed by atoms with Crippen LogP contribution in [0.2, 0.25) is 0 Å². The molecule has 0 unspecified atom stereocenters. The molecule has 0 N–H and O–H groups in total. The molecule has 0 fully saturated rings. The molecule has 3 heteroatoms. The lowest BCUT2D eigenvalue weighted by molar-refractivity contribution is 1.17. The van der Waals surface area contributed by atoms with Gasteiger partial charge in [0.05, 0.1) is 0 Å². The Morgan fingerprint density at radius 1 is 1.86 bits per heavy atom. The van der Waals surface area contributed by atoms with E-state index in [0.717, 1.165) is 11.4 Å². The van der Waals surface area contributed by atoms with Crippen LogP contribution in [0.4, 0.5) is 0 Å². The van der Waals surface area contributed by atoms with Gasteiger partial charge < -0.3 is 0 Å². The SMILES string of the molecule is [CH2]Cc1ncns1. The van der Waals surface area contributed by atoms with Crippen LogP contribution in [0.15, 0.2) is 6.33 Å². The predicted octanol–water partition coefficient (Wildman–Crippen LogP) is 0.915. The minimum atomic E-state index is 0.755. The Balaban J connectivity index is 2.76. The Kier molecular flexibility index (Phi) is 1.36. The number of hydrogen-bond acceptors (Lipinski definition) is 3. The molecular formula is C4H5N2S. The van der Waals surface area contributed by atoms with E-state index in [0.29, 0.717) is 0 Å². The van der Waals surface area contributed by atoms with E-state index in [1.54, 1.807) is 6.33 Å². The van der Waals surface area contributed by atoms with Gasteiger partial charge in [-0.15, -0.1) is 0 Å². The van der Waals surface area contributed by atoms with Gasteiger partial charge in [0.15, 0.2) is 0 Å². The van der Waals surface area contributed by atoms with E-state index < -0.39 is 0 Å². The van der Waals surface area contributed by atoms with E-state index in [1.165, 1.54) is 11.5 Å². The second-order valence-corrected chi connectivity index (χ2v) is 1.95. The van der Waals surface area contributed by atoms with Gasteiger partial charge in [-0.25, -0.2) is 4.98 Å². The third-order valence-corrected chi connectivity index (χ3v) is 1.34. The zero-order chi connectivity index (χ0) is 5.11. The Bertz CT molecular complexity index is 124. The molecule has 2 nitrogen and oxygen atoms in total. The topological polar surface area (TPSA) is 25.8 Å². The zero-order valence-electron chi connectivity index (χ0n) is 3.79. The van der Waals surface area contributed by atoms with Crippen molar-refractivity contribution in [2.45, 2.75) is 6.42 Å². The summed E-state index contributed by atoms with van der Waals surface area (Å²) in [6.45, 7) is 3.64. The van der Waals surface area contributed by atoms with Crippen LogP contribution in [0.3, 0.4) is 0 Å². The predicted molar refractivity (Wildman–Crippen MR) is 29.0 cm³/mol. The normalized spacial score (nSPS) is 9.29. The van der Waals surface area contributed by atoms with Crippen molar-refractivity contribution in [3.05, 3.63) is 18.3 Å². The van der Waals surface area contributed by atoms with Crippen LogP contribution in [0.25, 0.3) is 0 Å². The van der Waals surface area contributed by atoms with Crippen LogP contribution in [-0.4, -0.2) is 9.36 Å². The van der Waals surface area contributed by atoms with Gasteiger partial charge in [-0.1, -0.05) is 0 Å². The van der Waals surface area contributed by atoms with Crippen molar-refractivity contribution in [1.29, 1.82) is 0 Å². The van der Waals surface area contributed by atoms with Gasteiger partial charge in [0.2, 0.25) is 0 Å². The van der Waals surface area contributed by atoms with Gasteiger partial charge in [-0.05, 0) is 18.5 Å². The Morgan fingerprint density at radius 2 is 2.71 bits per heavy atom. The van der Waals surface area contributed by atoms with Crippen LogP contribution in [0, 0.1) is 6.92 Å². The molecule has 1 radical (unpaired) electrons. The van der Waals surface area contributed by atoms with Gasteiger partial charge in [-0.3, -0.25) is 0 Å². The average Bonchev–Trinajstić information content (AvgIpc) is 2.14. The highest BCUT2D eigenvalue weighted by Crippen LogP contribution is 1.97. The summed E-state index contributed by atoms with van der Waals surface area (Å²) in [7, 11) is 0. The van der Waals surface area contributed by atoms with E-state index in [4.69, 9.17) is 0 Å². The summed E-state index contributed by atoms with van der Waals surface area (Å²) in [6.07, 6.45) is 2.30. The fourth-order valence-corrected chi connectivity index (χ4v) is 0.708. The van der Waals surface area contributed by atoms with Crippen molar-refractivity contribution in [2.75, 3.05) is 0 Å². The largest absolute Gasteiger partial charge is 0.228 e. The minimum absolute atomic E-state index is 0.755. The zero-order valence-corrected chi connectivity index (χ0v) is 4.61. The third-order valence-electron chi connectivity index (χ3n) is 0.621. The van der Waals surface area contributed by atoms with Gasteiger partial charge in [0, 0.05) is 6.42 Å². The molecule has 0 aromatic carbocycles. The molecule has 1 heterocycles. The lowest BCUT2D eigenvalue weighted by atomic mass is 10.5. The molecule has 1 aromatic heterocycles. The fourth-order valence-electron chi connectivity index (χ4n) is 0.306. The molecule has 7 heavy (non-hydrogen) atoms. The van der Waals surface area contributed by atoms with E-state index in [9.17, 15) is 0 Å². The van der Waals surface area contributed by atoms with Crippen LogP contribution in [0.5, 0.6) is 0 Å². The van der Waals surface area contributed by atoms with E-state index in [1.807, 2.05) is 0 Å². The van der Waals surface area contributed by atoms with Crippen LogP contribution in [-0.2, 0) is 6.42 Å². The molecule has 0 aliphatic rings. The maximum absolute atomic E-state index is 3.88. The molecule has 0 saturated heterocycles. The highest BCUT2D eigenvalue weighted by Gasteiger charge is 1.86. The molecule has 1 rings (SSSR count). The molecule has 0 atom stereocenters. The molecule has 0 amide bonds. The van der Waals surface area contributed by atoms with Crippen molar-refractivity contribution in [2.24, 2.45) is 0 Å². The second kappa shape index (κ2) is 2.02. The first kappa shape index (κ1) is 4.71. The summed E-state index contributed by atoms with van der Waals surface area (Å²) in [6, 6.07) is 0. The summed E-state index contributed by atoms with van der Waals surface area (Å²) in [5.74, 6) is 0. The van der Waals surface area contributed by atoms with E-state index in [-0.39, 0.29) is 0 Å². The standard InChI is InChI=1S/C4H5N2S/c1-2-4-5-3-6-7-4/h3H,1-2H2. The Hall–Kier alpha value is -0.440. The van der Waals surface area contributed by atoms with Crippen molar-refractivity contribution >= 4 is 11.5 Å². The molecule has 0 spiro atoms. The molecule has 0 bridgehead atoms. The summed E-state index contributed by atoms with van der Waals surface area (Å²) in [5, 5.41) is 1.00. The maximum Gasteiger partial charge on any atom is 0.129 e. The number of aromatic nitrogens is 2. The highest BCUT2D eigenvalue weighted by atomic mass is 32.1. The van der Waals surface area contributed by atoms with Crippen molar-refractivity contribution in [3.63, 3.8) is 0 Å². The van der Waals surface area contributed by atoms with Crippen molar-refractivity contribution in [3.8, 4) is 0 Å². The van der Waals surface area contributed by atoms with Crippen molar-refractivity contribution < 1.29 is 0 Å². The smallest absolute Gasteiger partial charge is 0.129 e. The first-order chi connectivity index (χ1) is 3.43. The van der Waals surface area contributed by atoms with Crippen LogP contribution in [0.1, 0.15) is 5.01 Å². The number of rotatable bonds is 1. The molecule has 1 aromatic rings. The summed E-state index contributed by atoms with van der Waals surface area (Å²) < 4.78 is 3.78. The Labute approximate surface area is 46.4 Å². The highest BCUT2D eigenvalue weighted by molar-refractivity contribution is 7.05. The minimum Gasteiger partial charge on any atom is -0.228 e. The molecular weight excluding hydrogens is 108 g/mol. The second-order valence-electron chi connectivity index (χ2n) is 1.09. The van der Waals surface area contributed by atoms with Gasteiger partial charge in [0.25, 0.3) is 0 Å². The maximum atomic E-state index is 3.88. The lowest BCUT2D eigenvalue weighted by Gasteiger charge is -1.74. The summed E-state index contributed by atoms with van der Waals surface area (Å²) in [4.78, 5) is 3.88. The average molecular weight is 113 g/mol. The monoisotopic (exact) mass is 113 g/mol. The fraction of sp³-hybridized carbons (Fsp3) is 0.250. The lowest BCUT2D eigenvalue weighted by Crippen LogP contribution is -1.71. The number of hydrogen-bond donors (Lipinski definition) is 0. The first-order valence-electron chi connectivity index (χ1n) is 1.98. The quantitative estimate of drug-likeness (QED) is 0.541. The number of nitrogens with zero attached hydrogens (tertiary/aromatic N) is 2. The Morgan fingerprint density at radius 3 is 3.00 bits per heavy atom. The van der Waals surface area contributed by atoms with Gasteiger partial charge in [-0.2, -0.15) is 4.37 Å². The van der Waals surface area contributed by atoms with Gasteiger partial charge in [0.1, 0.15) is 11.3 Å². The first-order valence-corrected chi connectivity index (χ1v) is 2.75.